The Morgan fingerprint density at radius 1 is 1.25 bits per heavy atom. The van der Waals surface area contributed by atoms with Crippen molar-refractivity contribution in [2.75, 3.05) is 26.3 Å². The zero-order valence-electron chi connectivity index (χ0n) is 10.4. The highest BCUT2D eigenvalue weighted by Crippen LogP contribution is 2.17. The second-order valence-electron chi connectivity index (χ2n) is 4.05. The molecule has 0 radical (unpaired) electrons. The lowest BCUT2D eigenvalue weighted by Gasteiger charge is -2.13. The molecule has 1 atom stereocenters. The number of hydrogen-bond acceptors (Lipinski definition) is 3. The molecule has 0 spiro atoms. The van der Waals surface area contributed by atoms with Crippen LogP contribution in [0.1, 0.15) is 11.7 Å². The van der Waals surface area contributed by atoms with Crippen LogP contribution >= 0.6 is 0 Å². The summed E-state index contributed by atoms with van der Waals surface area (Å²) in [4.78, 5) is 0. The van der Waals surface area contributed by atoms with Gasteiger partial charge in [-0.15, -0.1) is 0 Å². The van der Waals surface area contributed by atoms with E-state index < -0.39 is 30.5 Å². The number of nitrogens with one attached hydrogen (secondary N) is 1. The lowest BCUT2D eigenvalue weighted by Crippen LogP contribution is -2.27. The first-order valence-corrected chi connectivity index (χ1v) is 5.78. The molecule has 2 N–H and O–H groups in total. The fourth-order valence-electron chi connectivity index (χ4n) is 1.45. The largest absolute Gasteiger partial charge is 0.411 e. The van der Waals surface area contributed by atoms with Crippen molar-refractivity contribution in [1.82, 2.24) is 5.32 Å². The first-order valence-electron chi connectivity index (χ1n) is 5.78. The molecule has 1 aromatic carbocycles. The van der Waals surface area contributed by atoms with Crippen LogP contribution in [0, 0.1) is 11.6 Å². The van der Waals surface area contributed by atoms with Crippen LogP contribution in [0.15, 0.2) is 18.2 Å². The van der Waals surface area contributed by atoms with Crippen molar-refractivity contribution < 1.29 is 31.8 Å². The van der Waals surface area contributed by atoms with Crippen molar-refractivity contribution in [1.29, 1.82) is 0 Å². The molecule has 0 aromatic heterocycles. The molecular weight excluding hydrogens is 285 g/mol. The van der Waals surface area contributed by atoms with Crippen molar-refractivity contribution in [2.24, 2.45) is 0 Å². The van der Waals surface area contributed by atoms with Gasteiger partial charge in [0.2, 0.25) is 0 Å². The minimum atomic E-state index is -4.38. The average Bonchev–Trinajstić information content (AvgIpc) is 2.32. The number of benzene rings is 1. The molecule has 20 heavy (non-hydrogen) atoms. The molecular formula is C12H14F5NO2. The normalized spacial score (nSPS) is 13.5. The van der Waals surface area contributed by atoms with Gasteiger partial charge < -0.3 is 15.2 Å². The quantitative estimate of drug-likeness (QED) is 0.599. The van der Waals surface area contributed by atoms with Gasteiger partial charge in [-0.05, 0) is 6.07 Å². The number of alkyl halides is 3. The van der Waals surface area contributed by atoms with Crippen LogP contribution in [-0.2, 0) is 4.74 Å². The first-order chi connectivity index (χ1) is 9.29. The predicted octanol–water partition coefficient (Wildman–Crippen LogP) is 2.17. The van der Waals surface area contributed by atoms with Crippen molar-refractivity contribution in [2.45, 2.75) is 12.3 Å². The van der Waals surface area contributed by atoms with E-state index in [1.807, 2.05) is 0 Å². The van der Waals surface area contributed by atoms with Crippen molar-refractivity contribution in [3.8, 4) is 0 Å². The highest BCUT2D eigenvalue weighted by molar-refractivity contribution is 5.21. The Kier molecular flexibility index (Phi) is 6.31. The summed E-state index contributed by atoms with van der Waals surface area (Å²) in [6, 6.07) is 2.76. The number of halogens is 5. The monoisotopic (exact) mass is 299 g/mol. The van der Waals surface area contributed by atoms with Crippen molar-refractivity contribution in [3.05, 3.63) is 35.4 Å². The highest BCUT2D eigenvalue weighted by atomic mass is 19.4. The molecule has 1 aromatic rings. The van der Waals surface area contributed by atoms with Gasteiger partial charge in [-0.2, -0.15) is 13.2 Å². The topological polar surface area (TPSA) is 41.5 Å². The minimum absolute atomic E-state index is 0.0654. The maximum absolute atomic E-state index is 13.3. The van der Waals surface area contributed by atoms with Crippen LogP contribution in [0.2, 0.25) is 0 Å². The SMILES string of the molecule is OC(CNCCOCC(F)(F)F)c1ccc(F)cc1F. The van der Waals surface area contributed by atoms with Crippen molar-refractivity contribution in [3.63, 3.8) is 0 Å². The average molecular weight is 299 g/mol. The first kappa shape index (κ1) is 16.8. The Bertz CT molecular complexity index is 425. The number of aliphatic hydroxyl groups is 1. The lowest BCUT2D eigenvalue weighted by atomic mass is 10.1. The molecule has 114 valence electrons. The zero-order valence-corrected chi connectivity index (χ0v) is 10.4. The Morgan fingerprint density at radius 2 is 1.95 bits per heavy atom. The summed E-state index contributed by atoms with van der Waals surface area (Å²) in [6.07, 6.45) is -5.60. The molecule has 0 saturated carbocycles. The van der Waals surface area contributed by atoms with Crippen LogP contribution in [0.5, 0.6) is 0 Å². The van der Waals surface area contributed by atoms with Gasteiger partial charge in [0.1, 0.15) is 18.2 Å². The predicted molar refractivity (Wildman–Crippen MR) is 61.1 cm³/mol. The van der Waals surface area contributed by atoms with E-state index in [-0.39, 0.29) is 25.3 Å². The molecule has 1 rings (SSSR count). The maximum Gasteiger partial charge on any atom is 0.411 e. The molecule has 3 nitrogen and oxygen atoms in total. The molecule has 0 saturated heterocycles. The molecule has 8 heteroatoms. The summed E-state index contributed by atoms with van der Waals surface area (Å²) in [5.41, 5.74) is -0.0879. The van der Waals surface area contributed by atoms with Gasteiger partial charge in [-0.3, -0.25) is 0 Å². The summed E-state index contributed by atoms with van der Waals surface area (Å²) in [5.74, 6) is -1.64. The van der Waals surface area contributed by atoms with Crippen LogP contribution in [0.25, 0.3) is 0 Å². The standard InChI is InChI=1S/C12H14F5NO2/c13-8-1-2-9(10(14)5-8)11(19)6-18-3-4-20-7-12(15,16)17/h1-2,5,11,18-19H,3-4,6-7H2. The Balaban J connectivity index is 2.25. The summed E-state index contributed by atoms with van der Waals surface area (Å²) < 4.78 is 65.5. The van der Waals surface area contributed by atoms with Crippen LogP contribution in [0.3, 0.4) is 0 Å². The van der Waals surface area contributed by atoms with E-state index >= 15 is 0 Å². The maximum atomic E-state index is 13.3. The van der Waals surface area contributed by atoms with E-state index in [4.69, 9.17) is 0 Å². The molecule has 0 aliphatic heterocycles. The summed E-state index contributed by atoms with van der Waals surface area (Å²) in [5, 5.41) is 12.2. The molecule has 0 heterocycles. The summed E-state index contributed by atoms with van der Waals surface area (Å²) in [6.45, 7) is -1.56. The van der Waals surface area contributed by atoms with Gasteiger partial charge in [-0.25, -0.2) is 8.78 Å². The smallest absolute Gasteiger partial charge is 0.387 e. The molecule has 0 aliphatic rings. The van der Waals surface area contributed by atoms with Gasteiger partial charge in [0.15, 0.2) is 0 Å². The van der Waals surface area contributed by atoms with Gasteiger partial charge in [-0.1, -0.05) is 6.07 Å². The Morgan fingerprint density at radius 3 is 2.55 bits per heavy atom. The Labute approximate surface area is 112 Å². The fourth-order valence-corrected chi connectivity index (χ4v) is 1.45. The van der Waals surface area contributed by atoms with Crippen LogP contribution in [-0.4, -0.2) is 37.6 Å². The van der Waals surface area contributed by atoms with E-state index in [2.05, 4.69) is 10.1 Å². The third kappa shape index (κ3) is 6.27. The number of ether oxygens (including phenoxy) is 1. The van der Waals surface area contributed by atoms with Gasteiger partial charge in [0, 0.05) is 24.7 Å². The summed E-state index contributed by atoms with van der Waals surface area (Å²) in [7, 11) is 0. The third-order valence-electron chi connectivity index (χ3n) is 2.35. The number of hydrogen-bond donors (Lipinski definition) is 2. The summed E-state index contributed by atoms with van der Waals surface area (Å²) >= 11 is 0. The second-order valence-corrected chi connectivity index (χ2v) is 4.05. The minimum Gasteiger partial charge on any atom is -0.387 e. The van der Waals surface area contributed by atoms with Crippen LogP contribution in [0.4, 0.5) is 22.0 Å². The van der Waals surface area contributed by atoms with E-state index in [1.165, 1.54) is 0 Å². The molecule has 1 unspecified atom stereocenters. The zero-order chi connectivity index (χ0) is 15.2. The third-order valence-corrected chi connectivity index (χ3v) is 2.35. The van der Waals surface area contributed by atoms with Crippen molar-refractivity contribution >= 4 is 0 Å². The van der Waals surface area contributed by atoms with E-state index in [0.717, 1.165) is 12.1 Å². The second kappa shape index (κ2) is 7.51. The molecule has 0 amide bonds. The van der Waals surface area contributed by atoms with Gasteiger partial charge in [0.25, 0.3) is 0 Å². The number of rotatable bonds is 7. The molecule has 0 bridgehead atoms. The van der Waals surface area contributed by atoms with E-state index in [0.29, 0.717) is 6.07 Å². The Hall–Kier alpha value is -1.25. The lowest BCUT2D eigenvalue weighted by molar-refractivity contribution is -0.173. The highest BCUT2D eigenvalue weighted by Gasteiger charge is 2.27. The van der Waals surface area contributed by atoms with Crippen LogP contribution < -0.4 is 5.32 Å². The number of aliphatic hydroxyl groups excluding tert-OH is 1. The fraction of sp³-hybridized carbons (Fsp3) is 0.500. The van der Waals surface area contributed by atoms with Gasteiger partial charge >= 0.3 is 6.18 Å². The van der Waals surface area contributed by atoms with Gasteiger partial charge in [0.05, 0.1) is 12.7 Å². The molecule has 0 aliphatic carbocycles. The van der Waals surface area contributed by atoms with E-state index in [9.17, 15) is 27.1 Å². The van der Waals surface area contributed by atoms with E-state index in [1.54, 1.807) is 0 Å². The molecule has 0 fully saturated rings.